The van der Waals surface area contributed by atoms with Crippen molar-refractivity contribution in [2.75, 3.05) is 4.90 Å². The molecule has 0 fully saturated rings. The molecule has 1 aliphatic carbocycles. The zero-order valence-electron chi connectivity index (χ0n) is 34.3. The van der Waals surface area contributed by atoms with E-state index in [1.54, 1.807) is 0 Å². The predicted molar refractivity (Wildman–Crippen MR) is 258 cm³/mol. The summed E-state index contributed by atoms with van der Waals surface area (Å²) in [6.07, 6.45) is 0. The van der Waals surface area contributed by atoms with E-state index in [9.17, 15) is 0 Å². The minimum absolute atomic E-state index is 0.521. The van der Waals surface area contributed by atoms with E-state index in [-0.39, 0.29) is 0 Å². The first-order valence-corrected chi connectivity index (χ1v) is 21.4. The molecule has 12 rings (SSSR count). The van der Waals surface area contributed by atoms with Crippen molar-refractivity contribution in [3.63, 3.8) is 0 Å². The van der Waals surface area contributed by atoms with Crippen LogP contribution in [0.4, 0.5) is 17.3 Å². The molecule has 2 aromatic heterocycles. The summed E-state index contributed by atoms with van der Waals surface area (Å²) >= 11 is 0. The Morgan fingerprint density at radius 2 is 0.873 bits per heavy atom. The lowest BCUT2D eigenvalue weighted by atomic mass is 9.68. The quantitative estimate of drug-likeness (QED) is 0.153. The van der Waals surface area contributed by atoms with Gasteiger partial charge in [0.1, 0.15) is 11.2 Å². The molecule has 0 atom stereocenters. The van der Waals surface area contributed by atoms with Crippen molar-refractivity contribution in [1.82, 2.24) is 9.97 Å². The van der Waals surface area contributed by atoms with E-state index in [4.69, 9.17) is 14.4 Å². The van der Waals surface area contributed by atoms with Gasteiger partial charge < -0.3 is 4.42 Å². The van der Waals surface area contributed by atoms with Crippen molar-refractivity contribution in [1.29, 1.82) is 0 Å². The van der Waals surface area contributed by atoms with Gasteiger partial charge in [-0.25, -0.2) is 9.97 Å². The monoisotopic (exact) mass is 805 g/mol. The highest BCUT2D eigenvalue weighted by Crippen LogP contribution is 2.56. The van der Waals surface area contributed by atoms with Crippen LogP contribution in [0, 0.1) is 0 Å². The number of para-hydroxylation sites is 2. The summed E-state index contributed by atoms with van der Waals surface area (Å²) in [5.41, 5.74) is 16.3. The Bertz CT molecular complexity index is 3350. The predicted octanol–water partition coefficient (Wildman–Crippen LogP) is 15.2. The zero-order chi connectivity index (χ0) is 41.7. The second-order valence-corrected chi connectivity index (χ2v) is 16.1. The van der Waals surface area contributed by atoms with E-state index < -0.39 is 5.41 Å². The molecule has 0 saturated heterocycles. The van der Waals surface area contributed by atoms with Crippen molar-refractivity contribution in [2.24, 2.45) is 0 Å². The van der Waals surface area contributed by atoms with E-state index in [0.29, 0.717) is 5.95 Å². The molecule has 0 unspecified atom stereocenters. The van der Waals surface area contributed by atoms with Gasteiger partial charge >= 0.3 is 0 Å². The molecule has 63 heavy (non-hydrogen) atoms. The van der Waals surface area contributed by atoms with E-state index in [0.717, 1.165) is 67.0 Å². The minimum Gasteiger partial charge on any atom is -0.455 e. The molecule has 2 heterocycles. The van der Waals surface area contributed by atoms with E-state index >= 15 is 0 Å². The number of rotatable bonds is 8. The molecule has 4 heteroatoms. The number of hydrogen-bond donors (Lipinski definition) is 0. The molecule has 0 amide bonds. The van der Waals surface area contributed by atoms with Crippen molar-refractivity contribution < 1.29 is 4.42 Å². The third-order valence-corrected chi connectivity index (χ3v) is 12.6. The van der Waals surface area contributed by atoms with Crippen LogP contribution in [0.3, 0.4) is 0 Å². The van der Waals surface area contributed by atoms with Gasteiger partial charge in [-0.3, -0.25) is 4.90 Å². The molecule has 4 nitrogen and oxygen atoms in total. The number of nitrogens with zero attached hydrogens (tertiary/aromatic N) is 3. The molecule has 0 bridgehead atoms. The summed E-state index contributed by atoms with van der Waals surface area (Å²) in [7, 11) is 0. The summed E-state index contributed by atoms with van der Waals surface area (Å²) in [4.78, 5) is 13.0. The first kappa shape index (κ1) is 36.5. The van der Waals surface area contributed by atoms with Crippen LogP contribution in [-0.4, -0.2) is 9.97 Å². The molecule has 296 valence electrons. The summed E-state index contributed by atoms with van der Waals surface area (Å²) in [5, 5.41) is 2.20. The van der Waals surface area contributed by atoms with E-state index in [1.807, 2.05) is 24.3 Å². The number of benzene rings is 9. The molecule has 1 aliphatic rings. The first-order chi connectivity index (χ1) is 31.2. The molecule has 0 N–H and O–H groups in total. The second kappa shape index (κ2) is 15.0. The lowest BCUT2D eigenvalue weighted by molar-refractivity contribution is 0.670. The number of fused-ring (bicyclic) bond motifs is 6. The smallest absolute Gasteiger partial charge is 0.235 e. The maximum absolute atomic E-state index is 6.56. The Balaban J connectivity index is 1.08. The average Bonchev–Trinajstić information content (AvgIpc) is 3.89. The minimum atomic E-state index is -0.521. The fourth-order valence-corrected chi connectivity index (χ4v) is 9.79. The van der Waals surface area contributed by atoms with Crippen molar-refractivity contribution in [3.05, 3.63) is 259 Å². The standard InChI is InChI=1S/C59H39N3O/c1-4-18-40(19-5-1)54-39-55(41-20-6-2-7-21-41)61-58(60-54)62(46-25-16-22-42(38-46)47-29-17-30-51-50-28-12-15-33-56(50)63-57(47)51)45-36-34-44(35-37-45)59(43-23-8-3-9-24-43)52-31-13-10-26-48(52)49-27-11-14-32-53(49)59/h1-39H. The summed E-state index contributed by atoms with van der Waals surface area (Å²) in [5.74, 6) is 0.566. The fourth-order valence-electron chi connectivity index (χ4n) is 9.79. The van der Waals surface area contributed by atoms with Crippen LogP contribution in [0.2, 0.25) is 0 Å². The van der Waals surface area contributed by atoms with Gasteiger partial charge in [0.15, 0.2) is 0 Å². The van der Waals surface area contributed by atoms with Crippen LogP contribution in [0.5, 0.6) is 0 Å². The highest BCUT2D eigenvalue weighted by molar-refractivity contribution is 6.09. The summed E-state index contributed by atoms with van der Waals surface area (Å²) in [6.45, 7) is 0. The Morgan fingerprint density at radius 1 is 0.365 bits per heavy atom. The Morgan fingerprint density at radius 3 is 1.54 bits per heavy atom. The van der Waals surface area contributed by atoms with Gasteiger partial charge in [-0.1, -0.05) is 200 Å². The first-order valence-electron chi connectivity index (χ1n) is 21.4. The molecule has 11 aromatic rings. The number of aromatic nitrogens is 2. The Kier molecular flexibility index (Phi) is 8.68. The van der Waals surface area contributed by atoms with Crippen molar-refractivity contribution in [2.45, 2.75) is 5.41 Å². The third kappa shape index (κ3) is 5.99. The van der Waals surface area contributed by atoms with Crippen LogP contribution < -0.4 is 4.90 Å². The van der Waals surface area contributed by atoms with Crippen molar-refractivity contribution >= 4 is 39.3 Å². The fraction of sp³-hybridized carbons (Fsp3) is 0.0169. The molecule has 0 spiro atoms. The molecular weight excluding hydrogens is 767 g/mol. The van der Waals surface area contributed by atoms with Crippen LogP contribution in [0.25, 0.3) is 66.7 Å². The van der Waals surface area contributed by atoms with Gasteiger partial charge in [0.05, 0.1) is 16.8 Å². The number of furan rings is 1. The molecule has 9 aromatic carbocycles. The van der Waals surface area contributed by atoms with Crippen molar-refractivity contribution in [3.8, 4) is 44.8 Å². The SMILES string of the molecule is c1ccc(-c2cc(-c3ccccc3)nc(N(c3ccc(C4(c5ccccc5)c5ccccc5-c5ccccc54)cc3)c3cccc(-c4cccc5c4oc4ccccc45)c3)n2)cc1. The maximum Gasteiger partial charge on any atom is 0.235 e. The lowest BCUT2D eigenvalue weighted by Crippen LogP contribution is -2.28. The van der Waals surface area contributed by atoms with Crippen LogP contribution in [-0.2, 0) is 5.41 Å². The van der Waals surface area contributed by atoms with Gasteiger partial charge in [0, 0.05) is 38.8 Å². The Labute approximate surface area is 366 Å². The maximum atomic E-state index is 6.56. The normalized spacial score (nSPS) is 12.6. The zero-order valence-corrected chi connectivity index (χ0v) is 34.3. The summed E-state index contributed by atoms with van der Waals surface area (Å²) in [6, 6.07) is 83.8. The van der Waals surface area contributed by atoms with Crippen LogP contribution in [0.1, 0.15) is 22.3 Å². The van der Waals surface area contributed by atoms with Gasteiger partial charge in [0.2, 0.25) is 5.95 Å². The van der Waals surface area contributed by atoms with E-state index in [2.05, 4.69) is 217 Å². The Hall–Kier alpha value is -8.34. The summed E-state index contributed by atoms with van der Waals surface area (Å²) < 4.78 is 6.56. The number of anilines is 3. The topological polar surface area (TPSA) is 42.2 Å². The lowest BCUT2D eigenvalue weighted by Gasteiger charge is -2.34. The highest BCUT2D eigenvalue weighted by Gasteiger charge is 2.45. The van der Waals surface area contributed by atoms with Gasteiger partial charge in [-0.2, -0.15) is 0 Å². The van der Waals surface area contributed by atoms with Gasteiger partial charge in [0.25, 0.3) is 0 Å². The number of hydrogen-bond acceptors (Lipinski definition) is 4. The molecule has 0 radical (unpaired) electrons. The third-order valence-electron chi connectivity index (χ3n) is 12.6. The van der Waals surface area contributed by atoms with Crippen LogP contribution in [0.15, 0.2) is 241 Å². The molecular formula is C59H39N3O. The highest BCUT2D eigenvalue weighted by atomic mass is 16.3. The van der Waals surface area contributed by atoms with Gasteiger partial charge in [-0.15, -0.1) is 0 Å². The largest absolute Gasteiger partial charge is 0.455 e. The van der Waals surface area contributed by atoms with Crippen LogP contribution >= 0.6 is 0 Å². The molecule has 0 saturated carbocycles. The molecule has 0 aliphatic heterocycles. The second-order valence-electron chi connectivity index (χ2n) is 16.1. The van der Waals surface area contributed by atoms with Gasteiger partial charge in [-0.05, 0) is 75.3 Å². The van der Waals surface area contributed by atoms with E-state index in [1.165, 1.54) is 33.4 Å². The average molecular weight is 806 g/mol.